The summed E-state index contributed by atoms with van der Waals surface area (Å²) in [4.78, 5) is 0. The van der Waals surface area contributed by atoms with Gasteiger partial charge in [-0.3, -0.25) is 0 Å². The maximum atomic E-state index is 3.69. The van der Waals surface area contributed by atoms with Crippen LogP contribution in [0.1, 0.15) is 89.9 Å². The van der Waals surface area contributed by atoms with Crippen molar-refractivity contribution < 1.29 is 0 Å². The van der Waals surface area contributed by atoms with Crippen molar-refractivity contribution in [3.8, 4) is 0 Å². The first-order valence-electron chi connectivity index (χ1n) is 8.78. The molecule has 0 aliphatic heterocycles. The van der Waals surface area contributed by atoms with Crippen LogP contribution in [0.5, 0.6) is 0 Å². The number of hydrogen-bond donors (Lipinski definition) is 0. The molecule has 0 nitrogen and oxygen atoms in total. The quantitative estimate of drug-likeness (QED) is 0.320. The molecule has 0 saturated heterocycles. The van der Waals surface area contributed by atoms with Crippen LogP contribution in [0, 0.1) is 0 Å². The van der Waals surface area contributed by atoms with E-state index in [0.29, 0.717) is 0 Å². The van der Waals surface area contributed by atoms with Crippen LogP contribution in [0.25, 0.3) is 0 Å². The lowest BCUT2D eigenvalue weighted by Gasteiger charge is -1.97. The van der Waals surface area contributed by atoms with E-state index in [-0.39, 0.29) is 0 Å². The molecule has 0 aromatic carbocycles. The summed E-state index contributed by atoms with van der Waals surface area (Å²) in [5.41, 5.74) is 0. The van der Waals surface area contributed by atoms with E-state index in [1.807, 2.05) is 12.2 Å². The Kier molecular flexibility index (Phi) is 17.5. The van der Waals surface area contributed by atoms with Gasteiger partial charge in [-0.1, -0.05) is 62.8 Å². The molecule has 0 bridgehead atoms. The maximum Gasteiger partial charge on any atom is -0.0351 e. The molecule has 0 heteroatoms. The van der Waals surface area contributed by atoms with Crippen LogP contribution < -0.4 is 0 Å². The van der Waals surface area contributed by atoms with Crippen molar-refractivity contribution >= 4 is 0 Å². The highest BCUT2D eigenvalue weighted by Gasteiger charge is 1.91. The molecule has 0 radical (unpaired) electrons. The van der Waals surface area contributed by atoms with E-state index in [9.17, 15) is 0 Å². The lowest BCUT2D eigenvalue weighted by molar-refractivity contribution is 0.622. The third kappa shape index (κ3) is 17.2. The van der Waals surface area contributed by atoms with E-state index < -0.39 is 0 Å². The molecular formula is C20H36. The van der Waals surface area contributed by atoms with E-state index in [4.69, 9.17) is 0 Å². The van der Waals surface area contributed by atoms with Gasteiger partial charge < -0.3 is 0 Å². The fourth-order valence-corrected chi connectivity index (χ4v) is 2.40. The van der Waals surface area contributed by atoms with E-state index in [0.717, 1.165) is 0 Å². The van der Waals surface area contributed by atoms with Crippen LogP contribution in [0.4, 0.5) is 0 Å². The minimum absolute atomic E-state index is 1.18. The number of allylic oxidation sites excluding steroid dienone is 4. The predicted molar refractivity (Wildman–Crippen MR) is 94.2 cm³/mol. The fourth-order valence-electron chi connectivity index (χ4n) is 2.40. The summed E-state index contributed by atoms with van der Waals surface area (Å²) in [6.07, 6.45) is 27.6. The molecule has 116 valence electrons. The molecular weight excluding hydrogens is 240 g/mol. The number of unbranched alkanes of at least 4 members (excludes halogenated alkanes) is 6. The Morgan fingerprint density at radius 3 is 1.45 bits per heavy atom. The Labute approximate surface area is 128 Å². The molecule has 1 aliphatic rings. The third-order valence-corrected chi connectivity index (χ3v) is 3.72. The molecule has 1 rings (SSSR count). The third-order valence-electron chi connectivity index (χ3n) is 3.72. The number of hydrogen-bond acceptors (Lipinski definition) is 0. The van der Waals surface area contributed by atoms with Gasteiger partial charge in [-0.25, -0.2) is 0 Å². The largest absolute Gasteiger partial charge is 0.103 e. The minimum atomic E-state index is 1.18. The summed E-state index contributed by atoms with van der Waals surface area (Å²) in [6.45, 7) is 7.39. The normalized spacial score (nSPS) is 15.2. The highest BCUT2D eigenvalue weighted by molar-refractivity contribution is 4.82. The van der Waals surface area contributed by atoms with Crippen LogP contribution >= 0.6 is 0 Å². The summed E-state index contributed by atoms with van der Waals surface area (Å²) < 4.78 is 0. The molecule has 0 amide bonds. The predicted octanol–water partition coefficient (Wildman–Crippen LogP) is 7.38. The second kappa shape index (κ2) is 18.2. The summed E-state index contributed by atoms with van der Waals surface area (Å²) >= 11 is 0. The second-order valence-electron chi connectivity index (χ2n) is 5.74. The topological polar surface area (TPSA) is 0 Å². The smallest absolute Gasteiger partial charge is 0.0351 e. The van der Waals surface area contributed by atoms with E-state index >= 15 is 0 Å². The van der Waals surface area contributed by atoms with E-state index in [2.05, 4.69) is 25.3 Å². The van der Waals surface area contributed by atoms with Crippen molar-refractivity contribution in [3.63, 3.8) is 0 Å². The molecule has 1 aliphatic carbocycles. The molecule has 0 spiro atoms. The van der Waals surface area contributed by atoms with Crippen molar-refractivity contribution in [2.45, 2.75) is 89.9 Å². The van der Waals surface area contributed by atoms with Crippen molar-refractivity contribution in [2.75, 3.05) is 0 Å². The van der Waals surface area contributed by atoms with Crippen molar-refractivity contribution in [1.29, 1.82) is 0 Å². The number of rotatable bonds is 8. The van der Waals surface area contributed by atoms with E-state index in [1.54, 1.807) is 0 Å². The van der Waals surface area contributed by atoms with E-state index in [1.165, 1.54) is 89.9 Å². The van der Waals surface area contributed by atoms with Crippen molar-refractivity contribution in [3.05, 3.63) is 37.5 Å². The average Bonchev–Trinajstić information content (AvgIpc) is 2.63. The molecule has 0 heterocycles. The summed E-state index contributed by atoms with van der Waals surface area (Å²) in [5, 5.41) is 0. The van der Waals surface area contributed by atoms with Gasteiger partial charge in [0.25, 0.3) is 0 Å². The Bertz CT molecular complexity index is 202. The highest BCUT2D eigenvalue weighted by Crippen LogP contribution is 2.10. The van der Waals surface area contributed by atoms with Gasteiger partial charge in [-0.05, 0) is 51.4 Å². The minimum Gasteiger partial charge on any atom is -0.103 e. The maximum absolute atomic E-state index is 3.69. The first kappa shape index (κ1) is 19.2. The Balaban J connectivity index is 0.000000367. The molecule has 0 aromatic rings. The molecule has 0 atom stereocenters. The zero-order valence-electron chi connectivity index (χ0n) is 13.6. The van der Waals surface area contributed by atoms with Crippen LogP contribution in [0.15, 0.2) is 37.5 Å². The van der Waals surface area contributed by atoms with Crippen LogP contribution in [-0.2, 0) is 0 Å². The van der Waals surface area contributed by atoms with Crippen LogP contribution in [0.3, 0.4) is 0 Å². The lowest BCUT2D eigenvalue weighted by atomic mass is 10.1. The van der Waals surface area contributed by atoms with Gasteiger partial charge >= 0.3 is 0 Å². The molecule has 0 aromatic heterocycles. The summed E-state index contributed by atoms with van der Waals surface area (Å²) in [6, 6.07) is 0. The molecule has 0 fully saturated rings. The second-order valence-corrected chi connectivity index (χ2v) is 5.74. The average molecular weight is 277 g/mol. The summed E-state index contributed by atoms with van der Waals surface area (Å²) in [5.74, 6) is 0. The standard InChI is InChI=1S/C11H20.C9H16/c1-3-5-7-9-11-10-8-6-4-2;1-2-4-6-8-9-7-5-3-1/h3-4H,1-2,5-11H2;1-2H,3-9H2. The van der Waals surface area contributed by atoms with Gasteiger partial charge in [0, 0.05) is 0 Å². The summed E-state index contributed by atoms with van der Waals surface area (Å²) in [7, 11) is 0. The first-order valence-corrected chi connectivity index (χ1v) is 8.78. The Hall–Kier alpha value is -0.780. The van der Waals surface area contributed by atoms with Gasteiger partial charge in [0.2, 0.25) is 0 Å². The molecule has 0 saturated carbocycles. The van der Waals surface area contributed by atoms with Gasteiger partial charge in [-0.2, -0.15) is 0 Å². The first-order chi connectivity index (χ1) is 9.91. The van der Waals surface area contributed by atoms with Crippen LogP contribution in [-0.4, -0.2) is 0 Å². The lowest BCUT2D eigenvalue weighted by Crippen LogP contribution is -1.77. The van der Waals surface area contributed by atoms with Crippen molar-refractivity contribution in [1.82, 2.24) is 0 Å². The zero-order valence-corrected chi connectivity index (χ0v) is 13.6. The zero-order chi connectivity index (χ0) is 14.7. The van der Waals surface area contributed by atoms with Crippen molar-refractivity contribution in [2.24, 2.45) is 0 Å². The van der Waals surface area contributed by atoms with Gasteiger partial charge in [0.05, 0.1) is 0 Å². The monoisotopic (exact) mass is 276 g/mol. The SMILES string of the molecule is C1=CCCCCCCC1.C=CCCCCCCCC=C. The molecule has 20 heavy (non-hydrogen) atoms. The van der Waals surface area contributed by atoms with Crippen LogP contribution in [0.2, 0.25) is 0 Å². The van der Waals surface area contributed by atoms with Gasteiger partial charge in [-0.15, -0.1) is 13.2 Å². The fraction of sp³-hybridized carbons (Fsp3) is 0.700. The molecule has 0 N–H and O–H groups in total. The Morgan fingerprint density at radius 1 is 0.600 bits per heavy atom. The molecule has 0 unspecified atom stereocenters. The Morgan fingerprint density at radius 2 is 1.00 bits per heavy atom. The van der Waals surface area contributed by atoms with Gasteiger partial charge in [0.1, 0.15) is 0 Å². The van der Waals surface area contributed by atoms with Gasteiger partial charge in [0.15, 0.2) is 0 Å². The highest BCUT2D eigenvalue weighted by atomic mass is 14.0.